The number of nitrogens with zero attached hydrogens (tertiary/aromatic N) is 1. The summed E-state index contributed by atoms with van der Waals surface area (Å²) >= 11 is 0. The zero-order valence-corrected chi connectivity index (χ0v) is 15.8. The molecule has 0 radical (unpaired) electrons. The predicted molar refractivity (Wildman–Crippen MR) is 105 cm³/mol. The van der Waals surface area contributed by atoms with Crippen molar-refractivity contribution in [3.8, 4) is 0 Å². The number of aromatic amines is 1. The van der Waals surface area contributed by atoms with Crippen LogP contribution in [0.5, 0.6) is 0 Å². The van der Waals surface area contributed by atoms with E-state index < -0.39 is 5.97 Å². The van der Waals surface area contributed by atoms with E-state index in [9.17, 15) is 19.5 Å². The van der Waals surface area contributed by atoms with Crippen molar-refractivity contribution < 1.29 is 19.5 Å². The lowest BCUT2D eigenvalue weighted by Gasteiger charge is -2.15. The van der Waals surface area contributed by atoms with Gasteiger partial charge in [0.05, 0.1) is 11.1 Å². The monoisotopic (exact) mass is 379 g/mol. The van der Waals surface area contributed by atoms with Crippen LogP contribution in [-0.4, -0.2) is 46.9 Å². The Kier molecular flexibility index (Phi) is 4.30. The van der Waals surface area contributed by atoms with Crippen molar-refractivity contribution in [1.29, 1.82) is 0 Å². The molecule has 0 unspecified atom stereocenters. The largest absolute Gasteiger partial charge is 0.478 e. The van der Waals surface area contributed by atoms with Gasteiger partial charge in [-0.1, -0.05) is 0 Å². The zero-order valence-electron chi connectivity index (χ0n) is 15.8. The van der Waals surface area contributed by atoms with E-state index in [1.54, 1.807) is 26.2 Å². The minimum Gasteiger partial charge on any atom is -0.478 e. The van der Waals surface area contributed by atoms with E-state index in [1.165, 1.54) is 17.0 Å². The van der Waals surface area contributed by atoms with Crippen LogP contribution < -0.4 is 5.32 Å². The van der Waals surface area contributed by atoms with Crippen LogP contribution in [0.4, 0.5) is 5.69 Å². The summed E-state index contributed by atoms with van der Waals surface area (Å²) in [6.07, 6.45) is 5.47. The third kappa shape index (κ3) is 2.89. The van der Waals surface area contributed by atoms with Crippen molar-refractivity contribution >= 4 is 35.1 Å². The van der Waals surface area contributed by atoms with Gasteiger partial charge in [0.25, 0.3) is 11.8 Å². The molecule has 0 spiro atoms. The molecule has 7 heteroatoms. The second-order valence-electron chi connectivity index (χ2n) is 7.36. The summed E-state index contributed by atoms with van der Waals surface area (Å²) < 4.78 is 0. The molecule has 0 atom stereocenters. The smallest absolute Gasteiger partial charge is 0.335 e. The first-order valence-corrected chi connectivity index (χ1v) is 9.23. The standard InChI is InChI=1S/C21H21N3O4/c1-24(2)20(26)18-13-6-4-3-5-12(13)17(22-18)10-15-14-9-11(21(27)28)7-8-16(14)23-19(15)25/h7-10,22H,3-6H2,1-2H3,(H,23,25)(H,27,28)/b15-10-. The van der Waals surface area contributed by atoms with Crippen molar-refractivity contribution in [2.24, 2.45) is 0 Å². The number of carbonyl (C=O) groups excluding carboxylic acids is 2. The minimum absolute atomic E-state index is 0.0905. The molecular formula is C21H21N3O4. The lowest BCUT2D eigenvalue weighted by atomic mass is 9.91. The van der Waals surface area contributed by atoms with Gasteiger partial charge in [0.15, 0.2) is 0 Å². The van der Waals surface area contributed by atoms with E-state index >= 15 is 0 Å². The molecule has 0 bridgehead atoms. The SMILES string of the molecule is CN(C)C(=O)c1[nH]c(/C=C2\C(=O)Nc3ccc(C(=O)O)cc32)c2c1CCCC2. The summed E-state index contributed by atoms with van der Waals surface area (Å²) in [5, 5.41) is 12.0. The molecule has 4 rings (SSSR count). The van der Waals surface area contributed by atoms with Crippen molar-refractivity contribution in [2.75, 3.05) is 19.4 Å². The molecule has 2 aromatic rings. The second-order valence-corrected chi connectivity index (χ2v) is 7.36. The highest BCUT2D eigenvalue weighted by atomic mass is 16.4. The highest BCUT2D eigenvalue weighted by Crippen LogP contribution is 2.36. The molecule has 7 nitrogen and oxygen atoms in total. The van der Waals surface area contributed by atoms with E-state index in [4.69, 9.17) is 0 Å². The number of aromatic nitrogens is 1. The highest BCUT2D eigenvalue weighted by Gasteiger charge is 2.28. The fourth-order valence-corrected chi connectivity index (χ4v) is 3.90. The van der Waals surface area contributed by atoms with Gasteiger partial charge in [-0.25, -0.2) is 4.79 Å². The third-order valence-corrected chi connectivity index (χ3v) is 5.31. The number of fused-ring (bicyclic) bond motifs is 2. The van der Waals surface area contributed by atoms with E-state index in [1.807, 2.05) is 0 Å². The number of aromatic carboxylic acids is 1. The molecule has 2 heterocycles. The molecule has 1 aromatic carbocycles. The zero-order chi connectivity index (χ0) is 20.0. The maximum absolute atomic E-state index is 12.6. The van der Waals surface area contributed by atoms with Crippen LogP contribution in [0.3, 0.4) is 0 Å². The van der Waals surface area contributed by atoms with Crippen LogP contribution in [0.25, 0.3) is 11.6 Å². The molecule has 0 fully saturated rings. The Balaban J connectivity index is 1.84. The second kappa shape index (κ2) is 6.67. The summed E-state index contributed by atoms with van der Waals surface area (Å²) in [5.74, 6) is -1.41. The molecule has 2 aliphatic rings. The number of amides is 2. The molecule has 144 valence electrons. The Morgan fingerprint density at radius 3 is 2.54 bits per heavy atom. The number of hydrogen-bond donors (Lipinski definition) is 3. The number of rotatable bonds is 3. The first-order chi connectivity index (χ1) is 13.4. The fraction of sp³-hybridized carbons (Fsp3) is 0.286. The van der Waals surface area contributed by atoms with Gasteiger partial charge >= 0.3 is 5.97 Å². The molecule has 1 aliphatic heterocycles. The van der Waals surface area contributed by atoms with Crippen molar-refractivity contribution in [3.63, 3.8) is 0 Å². The summed E-state index contributed by atoms with van der Waals surface area (Å²) in [7, 11) is 3.43. The molecule has 3 N–H and O–H groups in total. The highest BCUT2D eigenvalue weighted by molar-refractivity contribution is 6.35. The van der Waals surface area contributed by atoms with Crippen LogP contribution in [0.15, 0.2) is 18.2 Å². The van der Waals surface area contributed by atoms with E-state index in [0.29, 0.717) is 22.5 Å². The molecule has 28 heavy (non-hydrogen) atoms. The van der Waals surface area contributed by atoms with Crippen LogP contribution in [0.1, 0.15) is 56.1 Å². The quantitative estimate of drug-likeness (QED) is 0.714. The lowest BCUT2D eigenvalue weighted by molar-refractivity contribution is -0.110. The Bertz CT molecular complexity index is 1050. The summed E-state index contributed by atoms with van der Waals surface area (Å²) in [6, 6.07) is 4.57. The first-order valence-electron chi connectivity index (χ1n) is 9.23. The average molecular weight is 379 g/mol. The van der Waals surface area contributed by atoms with Gasteiger partial charge in [0, 0.05) is 31.0 Å². The van der Waals surface area contributed by atoms with Crippen molar-refractivity contribution in [1.82, 2.24) is 9.88 Å². The van der Waals surface area contributed by atoms with E-state index in [-0.39, 0.29) is 17.4 Å². The first kappa shape index (κ1) is 18.0. The maximum Gasteiger partial charge on any atom is 0.335 e. The van der Waals surface area contributed by atoms with Crippen molar-refractivity contribution in [3.05, 3.63) is 51.8 Å². The summed E-state index contributed by atoms with van der Waals surface area (Å²) in [4.78, 5) is 41.2. The van der Waals surface area contributed by atoms with E-state index in [2.05, 4.69) is 10.3 Å². The third-order valence-electron chi connectivity index (χ3n) is 5.31. The molecule has 1 aromatic heterocycles. The molecule has 0 saturated carbocycles. The number of carboxylic acids is 1. The summed E-state index contributed by atoms with van der Waals surface area (Å²) in [5.41, 5.74) is 5.09. The molecule has 0 saturated heterocycles. The van der Waals surface area contributed by atoms with Crippen LogP contribution in [0, 0.1) is 0 Å². The number of anilines is 1. The normalized spacial score (nSPS) is 16.5. The Morgan fingerprint density at radius 2 is 1.86 bits per heavy atom. The fourth-order valence-electron chi connectivity index (χ4n) is 3.90. The topological polar surface area (TPSA) is 103 Å². The number of H-pyrrole nitrogens is 1. The predicted octanol–water partition coefficient (Wildman–Crippen LogP) is 2.79. The van der Waals surface area contributed by atoms with Crippen molar-refractivity contribution in [2.45, 2.75) is 25.7 Å². The van der Waals surface area contributed by atoms with Gasteiger partial charge in [0.1, 0.15) is 5.69 Å². The average Bonchev–Trinajstić information content (AvgIpc) is 3.19. The number of nitrogens with one attached hydrogen (secondary N) is 2. The van der Waals surface area contributed by atoms with Gasteiger partial charge in [-0.15, -0.1) is 0 Å². The van der Waals surface area contributed by atoms with Crippen LogP contribution in [0.2, 0.25) is 0 Å². The Labute approximate surface area is 162 Å². The number of carboxylic acid groups (broad SMARTS) is 1. The van der Waals surface area contributed by atoms with E-state index in [0.717, 1.165) is 42.5 Å². The minimum atomic E-state index is -1.04. The van der Waals surface area contributed by atoms with Crippen LogP contribution >= 0.6 is 0 Å². The molecule has 2 amide bonds. The lowest BCUT2D eigenvalue weighted by Crippen LogP contribution is -2.23. The Morgan fingerprint density at radius 1 is 1.14 bits per heavy atom. The van der Waals surface area contributed by atoms with Gasteiger partial charge in [-0.05, 0) is 61.1 Å². The number of benzene rings is 1. The number of carbonyl (C=O) groups is 3. The molecular weight excluding hydrogens is 358 g/mol. The Hall–Kier alpha value is -3.35. The molecule has 1 aliphatic carbocycles. The van der Waals surface area contributed by atoms with Gasteiger partial charge < -0.3 is 20.3 Å². The van der Waals surface area contributed by atoms with Gasteiger partial charge in [0.2, 0.25) is 0 Å². The summed E-state index contributed by atoms with van der Waals surface area (Å²) in [6.45, 7) is 0. The van der Waals surface area contributed by atoms with Crippen LogP contribution in [-0.2, 0) is 17.6 Å². The maximum atomic E-state index is 12.6. The number of hydrogen-bond acceptors (Lipinski definition) is 3. The van der Waals surface area contributed by atoms with Gasteiger partial charge in [-0.3, -0.25) is 9.59 Å². The van der Waals surface area contributed by atoms with Gasteiger partial charge in [-0.2, -0.15) is 0 Å².